The molecule has 1 aliphatic heterocycles. The van der Waals surface area contributed by atoms with Crippen molar-refractivity contribution in [3.8, 4) is 0 Å². The van der Waals surface area contributed by atoms with Crippen molar-refractivity contribution >= 4 is 21.6 Å². The first-order valence-corrected chi connectivity index (χ1v) is 12.3. The molecule has 0 bridgehead atoms. The maximum atomic E-state index is 13.4. The first kappa shape index (κ1) is 23.4. The minimum atomic E-state index is -3.57. The van der Waals surface area contributed by atoms with Crippen LogP contribution in [0.15, 0.2) is 53.4 Å². The fourth-order valence-corrected chi connectivity index (χ4v) is 6.24. The van der Waals surface area contributed by atoms with Gasteiger partial charge < -0.3 is 5.32 Å². The molecule has 0 unspecified atom stereocenters. The molecule has 1 aliphatic rings. The van der Waals surface area contributed by atoms with E-state index in [0.717, 1.165) is 16.8 Å². The van der Waals surface area contributed by atoms with Crippen LogP contribution in [0.2, 0.25) is 0 Å². The largest absolute Gasteiger partial charge is 0.325 e. The lowest BCUT2D eigenvalue weighted by Crippen LogP contribution is -2.51. The van der Waals surface area contributed by atoms with Crippen LogP contribution in [0, 0.1) is 13.8 Å². The summed E-state index contributed by atoms with van der Waals surface area (Å²) in [4.78, 5) is 14.9. The number of rotatable bonds is 7. The number of nitrogens with zero attached hydrogens (tertiary/aromatic N) is 2. The van der Waals surface area contributed by atoms with Crippen LogP contribution in [0.4, 0.5) is 5.69 Å². The Morgan fingerprint density at radius 2 is 1.68 bits per heavy atom. The highest BCUT2D eigenvalue weighted by Gasteiger charge is 2.35. The summed E-state index contributed by atoms with van der Waals surface area (Å²) in [5.74, 6) is -0.0443. The maximum absolute atomic E-state index is 13.4. The van der Waals surface area contributed by atoms with Crippen LogP contribution >= 0.6 is 0 Å². The van der Waals surface area contributed by atoms with Gasteiger partial charge in [0.1, 0.15) is 0 Å². The molecule has 168 valence electrons. The number of hydrogen-bond acceptors (Lipinski definition) is 4. The average Bonchev–Trinajstić information content (AvgIpc) is 2.69. The van der Waals surface area contributed by atoms with E-state index in [2.05, 4.69) is 10.2 Å². The van der Waals surface area contributed by atoms with E-state index in [4.69, 9.17) is 0 Å². The van der Waals surface area contributed by atoms with Gasteiger partial charge in [0.25, 0.3) is 0 Å². The number of sulfonamides is 1. The number of piperidine rings is 1. The van der Waals surface area contributed by atoms with Gasteiger partial charge in [-0.1, -0.05) is 24.3 Å². The first-order chi connectivity index (χ1) is 14.7. The molecular formula is C24H33N3O3S. The van der Waals surface area contributed by atoms with E-state index < -0.39 is 10.0 Å². The van der Waals surface area contributed by atoms with Crippen LogP contribution in [0.1, 0.15) is 37.8 Å². The smallest absolute Gasteiger partial charge is 0.243 e. The molecule has 0 radical (unpaired) electrons. The maximum Gasteiger partial charge on any atom is 0.243 e. The molecule has 2 aromatic carbocycles. The van der Waals surface area contributed by atoms with Crippen molar-refractivity contribution < 1.29 is 13.2 Å². The predicted octanol–water partition coefficient (Wildman–Crippen LogP) is 3.81. The fraction of sp³-hybridized carbons (Fsp3) is 0.458. The highest BCUT2D eigenvalue weighted by molar-refractivity contribution is 7.89. The standard InChI is InChI=1S/C24H33N3O3S/c1-18(2)27(31(29,30)23-10-6-8-20(4)16-23)22-11-13-26(14-12-22)17-24(28)25-21-9-5-7-19(3)15-21/h5-10,15-16,18,22H,11-14,17H2,1-4H3,(H,25,28). The van der Waals surface area contributed by atoms with E-state index in [0.29, 0.717) is 37.4 Å². The SMILES string of the molecule is Cc1cccc(NC(=O)CN2CCC(N(C(C)C)S(=O)(=O)c3cccc(C)c3)CC2)c1. The summed E-state index contributed by atoms with van der Waals surface area (Å²) >= 11 is 0. The molecule has 3 rings (SSSR count). The topological polar surface area (TPSA) is 69.7 Å². The first-order valence-electron chi connectivity index (χ1n) is 10.9. The van der Waals surface area contributed by atoms with Gasteiger partial charge >= 0.3 is 0 Å². The second-order valence-electron chi connectivity index (χ2n) is 8.67. The minimum absolute atomic E-state index is 0.0443. The summed E-state index contributed by atoms with van der Waals surface area (Å²) < 4.78 is 28.4. The Morgan fingerprint density at radius 3 is 2.26 bits per heavy atom. The van der Waals surface area contributed by atoms with Crippen LogP contribution < -0.4 is 5.32 Å². The van der Waals surface area contributed by atoms with Crippen molar-refractivity contribution in [2.75, 3.05) is 25.0 Å². The Labute approximate surface area is 186 Å². The van der Waals surface area contributed by atoms with Gasteiger partial charge in [-0.3, -0.25) is 9.69 Å². The summed E-state index contributed by atoms with van der Waals surface area (Å²) in [6.07, 6.45) is 1.42. The number of anilines is 1. The van der Waals surface area contributed by atoms with Gasteiger partial charge in [-0.05, 0) is 75.9 Å². The van der Waals surface area contributed by atoms with Gasteiger partial charge in [-0.2, -0.15) is 4.31 Å². The van der Waals surface area contributed by atoms with Crippen LogP contribution in [-0.2, 0) is 14.8 Å². The second kappa shape index (κ2) is 9.94. The molecule has 1 heterocycles. The van der Waals surface area contributed by atoms with Crippen molar-refractivity contribution in [3.63, 3.8) is 0 Å². The van der Waals surface area contributed by atoms with Crippen LogP contribution in [0.3, 0.4) is 0 Å². The normalized spacial score (nSPS) is 16.1. The lowest BCUT2D eigenvalue weighted by Gasteiger charge is -2.39. The molecule has 0 saturated carbocycles. The number of aryl methyl sites for hydroxylation is 2. The number of carbonyl (C=O) groups is 1. The number of likely N-dealkylation sites (tertiary alicyclic amines) is 1. The molecule has 6 nitrogen and oxygen atoms in total. The number of hydrogen-bond donors (Lipinski definition) is 1. The van der Waals surface area contributed by atoms with E-state index in [1.54, 1.807) is 22.5 Å². The molecule has 31 heavy (non-hydrogen) atoms. The third kappa shape index (κ3) is 5.93. The highest BCUT2D eigenvalue weighted by Crippen LogP contribution is 2.27. The monoisotopic (exact) mass is 443 g/mol. The predicted molar refractivity (Wildman–Crippen MR) is 125 cm³/mol. The molecular weight excluding hydrogens is 410 g/mol. The van der Waals surface area contributed by atoms with Gasteiger partial charge in [0, 0.05) is 30.9 Å². The van der Waals surface area contributed by atoms with E-state index in [9.17, 15) is 13.2 Å². The zero-order valence-corrected chi connectivity index (χ0v) is 19.7. The van der Waals surface area contributed by atoms with E-state index in [-0.39, 0.29) is 18.0 Å². The Balaban J connectivity index is 1.62. The Kier molecular flexibility index (Phi) is 7.51. The molecule has 2 aromatic rings. The van der Waals surface area contributed by atoms with Crippen molar-refractivity contribution in [1.82, 2.24) is 9.21 Å². The third-order valence-electron chi connectivity index (χ3n) is 5.66. The molecule has 0 atom stereocenters. The molecule has 1 amide bonds. The number of carbonyl (C=O) groups excluding carboxylic acids is 1. The number of amides is 1. The number of nitrogens with one attached hydrogen (secondary N) is 1. The zero-order valence-electron chi connectivity index (χ0n) is 18.8. The van der Waals surface area contributed by atoms with Crippen molar-refractivity contribution in [2.45, 2.75) is 57.5 Å². The van der Waals surface area contributed by atoms with Crippen LogP contribution in [0.5, 0.6) is 0 Å². The van der Waals surface area contributed by atoms with Crippen molar-refractivity contribution in [2.24, 2.45) is 0 Å². The zero-order chi connectivity index (χ0) is 22.6. The van der Waals surface area contributed by atoms with Gasteiger partial charge in [0.15, 0.2) is 0 Å². The summed E-state index contributed by atoms with van der Waals surface area (Å²) in [6, 6.07) is 14.6. The molecule has 1 fully saturated rings. The number of benzene rings is 2. The van der Waals surface area contributed by atoms with Gasteiger partial charge in [0.2, 0.25) is 15.9 Å². The van der Waals surface area contributed by atoms with E-state index >= 15 is 0 Å². The van der Waals surface area contributed by atoms with Crippen molar-refractivity contribution in [1.29, 1.82) is 0 Å². The molecule has 0 spiro atoms. The van der Waals surface area contributed by atoms with E-state index in [1.807, 2.05) is 58.0 Å². The summed E-state index contributed by atoms with van der Waals surface area (Å²) in [5.41, 5.74) is 2.83. The average molecular weight is 444 g/mol. The summed E-state index contributed by atoms with van der Waals surface area (Å²) in [5, 5.41) is 2.95. The Morgan fingerprint density at radius 1 is 1.06 bits per heavy atom. The minimum Gasteiger partial charge on any atom is -0.325 e. The van der Waals surface area contributed by atoms with Crippen LogP contribution in [0.25, 0.3) is 0 Å². The highest BCUT2D eigenvalue weighted by atomic mass is 32.2. The molecule has 1 N–H and O–H groups in total. The lowest BCUT2D eigenvalue weighted by atomic mass is 10.0. The molecule has 0 aromatic heterocycles. The lowest BCUT2D eigenvalue weighted by molar-refractivity contribution is -0.117. The van der Waals surface area contributed by atoms with Crippen LogP contribution in [-0.4, -0.2) is 55.2 Å². The van der Waals surface area contributed by atoms with Crippen molar-refractivity contribution in [3.05, 3.63) is 59.7 Å². The van der Waals surface area contributed by atoms with Gasteiger partial charge in [-0.25, -0.2) is 8.42 Å². The third-order valence-corrected chi connectivity index (χ3v) is 7.78. The quantitative estimate of drug-likeness (QED) is 0.707. The van der Waals surface area contributed by atoms with E-state index in [1.165, 1.54) is 0 Å². The van der Waals surface area contributed by atoms with Gasteiger partial charge in [-0.15, -0.1) is 0 Å². The fourth-order valence-electron chi connectivity index (χ4n) is 4.25. The Bertz CT molecular complexity index is 1010. The molecule has 7 heteroatoms. The Hall–Kier alpha value is -2.22. The second-order valence-corrected chi connectivity index (χ2v) is 10.5. The summed E-state index contributed by atoms with van der Waals surface area (Å²) in [6.45, 7) is 9.44. The van der Waals surface area contributed by atoms with Gasteiger partial charge in [0.05, 0.1) is 11.4 Å². The molecule has 0 aliphatic carbocycles. The summed E-state index contributed by atoms with van der Waals surface area (Å²) in [7, 11) is -3.57. The molecule has 1 saturated heterocycles.